The first-order valence-corrected chi connectivity index (χ1v) is 9.27. The number of hydrogen-bond acceptors (Lipinski definition) is 5. The van der Waals surface area contributed by atoms with Gasteiger partial charge in [-0.25, -0.2) is 9.97 Å². The lowest BCUT2D eigenvalue weighted by Gasteiger charge is -2.17. The number of pyridine rings is 3. The number of alkyl halides is 3. The summed E-state index contributed by atoms with van der Waals surface area (Å²) < 4.78 is 46.0. The fourth-order valence-corrected chi connectivity index (χ4v) is 3.33. The average molecular weight is 447 g/mol. The molecule has 31 heavy (non-hydrogen) atoms. The van der Waals surface area contributed by atoms with Gasteiger partial charge in [0, 0.05) is 28.2 Å². The molecule has 0 fully saturated rings. The van der Waals surface area contributed by atoms with Crippen LogP contribution in [0.15, 0.2) is 59.5 Å². The Labute approximate surface area is 178 Å². The molecule has 0 saturated carbocycles. The van der Waals surface area contributed by atoms with Gasteiger partial charge in [0.25, 0.3) is 5.56 Å². The largest absolute Gasteiger partial charge is 0.481 e. The van der Waals surface area contributed by atoms with Gasteiger partial charge in [0.1, 0.15) is 11.3 Å². The van der Waals surface area contributed by atoms with Crippen LogP contribution in [0.25, 0.3) is 27.8 Å². The van der Waals surface area contributed by atoms with Crippen LogP contribution in [0, 0.1) is 0 Å². The number of methoxy groups -OCH3 is 1. The van der Waals surface area contributed by atoms with Crippen LogP contribution in [-0.2, 0) is 6.18 Å². The van der Waals surface area contributed by atoms with E-state index in [9.17, 15) is 18.0 Å². The molecule has 0 unspecified atom stereocenters. The molecule has 0 radical (unpaired) electrons. The number of anilines is 1. The molecule has 158 valence electrons. The molecule has 1 aromatic carbocycles. The molecule has 3 heterocycles. The second-order valence-electron chi connectivity index (χ2n) is 6.56. The van der Waals surface area contributed by atoms with Gasteiger partial charge in [-0.1, -0.05) is 11.6 Å². The Balaban J connectivity index is 2.11. The van der Waals surface area contributed by atoms with Crippen molar-refractivity contribution in [3.8, 4) is 22.7 Å². The van der Waals surface area contributed by atoms with E-state index >= 15 is 0 Å². The molecule has 0 atom stereocenters. The first kappa shape index (κ1) is 20.7. The van der Waals surface area contributed by atoms with E-state index in [2.05, 4.69) is 9.97 Å². The van der Waals surface area contributed by atoms with Gasteiger partial charge in [0.05, 0.1) is 24.0 Å². The number of halogens is 4. The van der Waals surface area contributed by atoms with Gasteiger partial charge >= 0.3 is 6.18 Å². The Bertz CT molecular complexity index is 1330. The summed E-state index contributed by atoms with van der Waals surface area (Å²) >= 11 is 5.93. The molecule has 2 N–H and O–H groups in total. The third-order valence-electron chi connectivity index (χ3n) is 4.67. The maximum atomic E-state index is 13.5. The van der Waals surface area contributed by atoms with Crippen LogP contribution in [0.1, 0.15) is 5.69 Å². The molecule has 0 spiro atoms. The minimum Gasteiger partial charge on any atom is -0.481 e. The minimum absolute atomic E-state index is 0.00148. The molecule has 0 aliphatic rings. The van der Waals surface area contributed by atoms with Crippen molar-refractivity contribution in [1.29, 1.82) is 0 Å². The highest BCUT2D eigenvalue weighted by molar-refractivity contribution is 6.30. The molecular formula is C21H14ClF3N4O2. The highest BCUT2D eigenvalue weighted by Crippen LogP contribution is 2.34. The quantitative estimate of drug-likeness (QED) is 0.492. The zero-order chi connectivity index (χ0) is 22.3. The predicted octanol–water partition coefficient (Wildman–Crippen LogP) is 4.71. The van der Waals surface area contributed by atoms with Crippen molar-refractivity contribution in [3.05, 3.63) is 75.8 Å². The fraction of sp³-hybridized carbons (Fsp3) is 0.0952. The van der Waals surface area contributed by atoms with Crippen molar-refractivity contribution >= 4 is 28.3 Å². The van der Waals surface area contributed by atoms with E-state index in [1.54, 1.807) is 12.1 Å². The van der Waals surface area contributed by atoms with Crippen molar-refractivity contribution in [2.24, 2.45) is 0 Å². The van der Waals surface area contributed by atoms with E-state index in [-0.39, 0.29) is 28.0 Å². The second-order valence-corrected chi connectivity index (χ2v) is 7.00. The summed E-state index contributed by atoms with van der Waals surface area (Å²) in [6.45, 7) is 0. The minimum atomic E-state index is -4.69. The van der Waals surface area contributed by atoms with Gasteiger partial charge in [-0.3, -0.25) is 9.36 Å². The Morgan fingerprint density at radius 2 is 1.77 bits per heavy atom. The Morgan fingerprint density at radius 1 is 1.06 bits per heavy atom. The number of nitrogens with two attached hydrogens (primary N) is 1. The van der Waals surface area contributed by atoms with Gasteiger partial charge in [0.2, 0.25) is 5.88 Å². The first-order valence-electron chi connectivity index (χ1n) is 8.89. The van der Waals surface area contributed by atoms with Gasteiger partial charge < -0.3 is 10.5 Å². The summed E-state index contributed by atoms with van der Waals surface area (Å²) in [5.74, 6) is 0.331. The molecule has 0 aliphatic heterocycles. The topological polar surface area (TPSA) is 83.0 Å². The van der Waals surface area contributed by atoms with Crippen molar-refractivity contribution < 1.29 is 17.9 Å². The SMILES string of the molecule is COc1ccc(-c2c(N)c3ccc(C(F)(F)F)nc3n(-c3ccc(Cl)cc3)c2=O)cn1. The molecule has 10 heteroatoms. The smallest absolute Gasteiger partial charge is 0.433 e. The van der Waals surface area contributed by atoms with Gasteiger partial charge in [-0.2, -0.15) is 13.2 Å². The van der Waals surface area contributed by atoms with Crippen LogP contribution in [0.2, 0.25) is 5.02 Å². The molecule has 0 amide bonds. The third-order valence-corrected chi connectivity index (χ3v) is 4.92. The van der Waals surface area contributed by atoms with Crippen LogP contribution >= 0.6 is 11.6 Å². The summed E-state index contributed by atoms with van der Waals surface area (Å²) in [6, 6.07) is 11.2. The monoisotopic (exact) mass is 446 g/mol. The Kier molecular flexibility index (Phi) is 5.06. The lowest BCUT2D eigenvalue weighted by atomic mass is 10.0. The predicted molar refractivity (Wildman–Crippen MR) is 112 cm³/mol. The Hall–Kier alpha value is -3.59. The molecular weight excluding hydrogens is 433 g/mol. The van der Waals surface area contributed by atoms with Crippen molar-refractivity contribution in [3.63, 3.8) is 0 Å². The highest BCUT2D eigenvalue weighted by atomic mass is 35.5. The highest BCUT2D eigenvalue weighted by Gasteiger charge is 2.33. The standard InChI is InChI=1S/C21H14ClF3N4O2/c1-31-16-9-2-11(10-27-16)17-18(26)14-7-8-15(21(23,24)25)28-19(14)29(20(17)30)13-5-3-12(22)4-6-13/h2-10H,26H2,1H3. The number of aromatic nitrogens is 3. The number of nitrogens with zero attached hydrogens (tertiary/aromatic N) is 3. The van der Waals surface area contributed by atoms with E-state index in [1.807, 2.05) is 0 Å². The van der Waals surface area contributed by atoms with Crippen molar-refractivity contribution in [2.45, 2.75) is 6.18 Å². The summed E-state index contributed by atoms with van der Waals surface area (Å²) in [4.78, 5) is 21.3. The molecule has 4 rings (SSSR count). The summed E-state index contributed by atoms with van der Waals surface area (Å²) in [5, 5.41) is 0.591. The number of nitrogen functional groups attached to an aromatic ring is 1. The molecule has 6 nitrogen and oxygen atoms in total. The normalized spacial score (nSPS) is 11.6. The lowest BCUT2D eigenvalue weighted by molar-refractivity contribution is -0.141. The maximum absolute atomic E-state index is 13.5. The van der Waals surface area contributed by atoms with Gasteiger partial charge in [-0.05, 0) is 42.5 Å². The molecule has 4 aromatic rings. The zero-order valence-electron chi connectivity index (χ0n) is 15.9. The van der Waals surface area contributed by atoms with Crippen LogP contribution in [0.3, 0.4) is 0 Å². The summed E-state index contributed by atoms with van der Waals surface area (Å²) in [5.41, 5.74) is 4.98. The Morgan fingerprint density at radius 3 is 2.35 bits per heavy atom. The van der Waals surface area contributed by atoms with E-state index in [0.29, 0.717) is 16.5 Å². The maximum Gasteiger partial charge on any atom is 0.433 e. The van der Waals surface area contributed by atoms with E-state index in [0.717, 1.165) is 10.6 Å². The van der Waals surface area contributed by atoms with Crippen LogP contribution in [0.4, 0.5) is 18.9 Å². The number of fused-ring (bicyclic) bond motifs is 1. The van der Waals surface area contributed by atoms with Gasteiger partial charge in [-0.15, -0.1) is 0 Å². The number of ether oxygens (including phenoxy) is 1. The third kappa shape index (κ3) is 3.68. The fourth-order valence-electron chi connectivity index (χ4n) is 3.20. The van der Waals surface area contributed by atoms with Crippen molar-refractivity contribution in [1.82, 2.24) is 14.5 Å². The number of benzene rings is 1. The van der Waals surface area contributed by atoms with E-state index in [1.165, 1.54) is 43.6 Å². The second kappa shape index (κ2) is 7.59. The lowest BCUT2D eigenvalue weighted by Crippen LogP contribution is -2.24. The van der Waals surface area contributed by atoms with Crippen LogP contribution in [-0.4, -0.2) is 21.6 Å². The molecule has 0 saturated heterocycles. The van der Waals surface area contributed by atoms with Crippen molar-refractivity contribution in [2.75, 3.05) is 12.8 Å². The summed E-state index contributed by atoms with van der Waals surface area (Å²) in [7, 11) is 1.45. The molecule has 0 aliphatic carbocycles. The van der Waals surface area contributed by atoms with Crippen LogP contribution in [0.5, 0.6) is 5.88 Å². The molecule has 0 bridgehead atoms. The van der Waals surface area contributed by atoms with E-state index in [4.69, 9.17) is 22.1 Å². The first-order chi connectivity index (χ1) is 14.7. The van der Waals surface area contributed by atoms with Gasteiger partial charge in [0.15, 0.2) is 0 Å². The number of rotatable bonds is 3. The molecule has 3 aromatic heterocycles. The number of hydrogen-bond donors (Lipinski definition) is 1. The zero-order valence-corrected chi connectivity index (χ0v) is 16.7. The van der Waals surface area contributed by atoms with E-state index < -0.39 is 17.4 Å². The summed E-state index contributed by atoms with van der Waals surface area (Å²) in [6.07, 6.45) is -3.29. The average Bonchev–Trinajstić information content (AvgIpc) is 2.74. The van der Waals surface area contributed by atoms with Crippen LogP contribution < -0.4 is 16.0 Å².